The van der Waals surface area contributed by atoms with Gasteiger partial charge in [-0.2, -0.15) is 27.1 Å². The summed E-state index contributed by atoms with van der Waals surface area (Å²) < 4.78 is 70.4. The molecule has 17 heteroatoms. The summed E-state index contributed by atoms with van der Waals surface area (Å²) >= 11 is 13.0. The summed E-state index contributed by atoms with van der Waals surface area (Å²) in [5, 5.41) is 13.6. The average molecular weight is 693 g/mol. The molecule has 4 aromatic heterocycles. The fraction of sp³-hybridized carbons (Fsp3) is 0.267. The van der Waals surface area contributed by atoms with Crippen LogP contribution in [0.1, 0.15) is 50.2 Å². The first-order valence-corrected chi connectivity index (χ1v) is 14.9. The van der Waals surface area contributed by atoms with Crippen molar-refractivity contribution >= 4 is 34.8 Å². The average Bonchev–Trinajstić information content (AvgIpc) is 3.68. The Kier molecular flexibility index (Phi) is 8.61. The molecular formula is C30H23Cl2F5N8O2. The molecule has 2 bridgehead atoms. The molecule has 1 aromatic carbocycles. The number of halogens is 7. The van der Waals surface area contributed by atoms with E-state index < -0.39 is 35.9 Å². The van der Waals surface area contributed by atoms with Crippen LogP contribution in [0.4, 0.5) is 27.6 Å². The highest BCUT2D eigenvalue weighted by molar-refractivity contribution is 6.34. The van der Waals surface area contributed by atoms with E-state index in [9.17, 15) is 31.5 Å². The van der Waals surface area contributed by atoms with Gasteiger partial charge >= 0.3 is 12.7 Å². The molecule has 244 valence electrons. The van der Waals surface area contributed by atoms with Gasteiger partial charge in [0, 0.05) is 46.1 Å². The van der Waals surface area contributed by atoms with Gasteiger partial charge in [0.05, 0.1) is 46.2 Å². The maximum Gasteiger partial charge on any atom is 0.436 e. The van der Waals surface area contributed by atoms with Crippen molar-refractivity contribution in [3.05, 3.63) is 93.0 Å². The van der Waals surface area contributed by atoms with Crippen LogP contribution in [0, 0.1) is 5.92 Å². The first-order valence-electron chi connectivity index (χ1n) is 14.2. The lowest BCUT2D eigenvalue weighted by molar-refractivity contribution is -0.141. The number of nitrogens with zero attached hydrogens (tertiary/aromatic N) is 7. The number of anilines is 1. The fourth-order valence-electron chi connectivity index (χ4n) is 5.51. The van der Waals surface area contributed by atoms with Gasteiger partial charge in [-0.25, -0.2) is 9.36 Å². The number of alkyl halides is 5. The number of nitrogens with one attached hydrogen (secondary N) is 1. The monoisotopic (exact) mass is 692 g/mol. The second-order valence-corrected chi connectivity index (χ2v) is 11.8. The molecular weight excluding hydrogens is 670 g/mol. The third-order valence-electron chi connectivity index (χ3n) is 7.84. The third kappa shape index (κ3) is 6.37. The van der Waals surface area contributed by atoms with E-state index in [0.29, 0.717) is 35.8 Å². The molecule has 0 saturated heterocycles. The summed E-state index contributed by atoms with van der Waals surface area (Å²) in [6.45, 7) is -1.30. The molecule has 1 aliphatic rings. The van der Waals surface area contributed by atoms with Gasteiger partial charge < -0.3 is 9.88 Å². The van der Waals surface area contributed by atoms with Crippen LogP contribution in [0.15, 0.2) is 66.0 Å². The highest BCUT2D eigenvalue weighted by Gasteiger charge is 2.35. The molecule has 10 nitrogen and oxygen atoms in total. The number of pyridine rings is 2. The Balaban J connectivity index is 1.47. The number of aromatic nitrogens is 7. The summed E-state index contributed by atoms with van der Waals surface area (Å²) in [7, 11) is 0. The minimum Gasteiger partial charge on any atom is -0.323 e. The largest absolute Gasteiger partial charge is 0.436 e. The predicted octanol–water partition coefficient (Wildman–Crippen LogP) is 7.42. The second-order valence-electron chi connectivity index (χ2n) is 10.9. The normalized spacial score (nSPS) is 17.2. The molecule has 0 saturated carbocycles. The molecule has 0 fully saturated rings. The number of rotatable bonds is 4. The zero-order valence-electron chi connectivity index (χ0n) is 24.2. The summed E-state index contributed by atoms with van der Waals surface area (Å²) in [5.41, 5.74) is -0.510. The van der Waals surface area contributed by atoms with Gasteiger partial charge in [-0.3, -0.25) is 14.6 Å². The lowest BCUT2D eigenvalue weighted by Crippen LogP contribution is -2.27. The summed E-state index contributed by atoms with van der Waals surface area (Å²) in [6.07, 6.45) is 1.13. The zero-order valence-corrected chi connectivity index (χ0v) is 25.7. The van der Waals surface area contributed by atoms with E-state index >= 15 is 0 Å². The molecule has 5 heterocycles. The van der Waals surface area contributed by atoms with Gasteiger partial charge in [0.2, 0.25) is 5.91 Å². The van der Waals surface area contributed by atoms with E-state index in [1.54, 1.807) is 13.0 Å². The molecule has 0 spiro atoms. The molecule has 1 N–H and O–H groups in total. The maximum atomic E-state index is 14.0. The number of hydrogen-bond acceptors (Lipinski definition) is 6. The first kappa shape index (κ1) is 32.3. The number of carbonyl (C=O) groups excluding carboxylic acids is 1. The third-order valence-corrected chi connectivity index (χ3v) is 8.38. The maximum absolute atomic E-state index is 14.0. The van der Waals surface area contributed by atoms with Crippen LogP contribution in [0.3, 0.4) is 0 Å². The van der Waals surface area contributed by atoms with Crippen molar-refractivity contribution in [3.63, 3.8) is 0 Å². The molecule has 47 heavy (non-hydrogen) atoms. The number of carbonyl (C=O) groups is 1. The van der Waals surface area contributed by atoms with E-state index in [1.165, 1.54) is 47.3 Å². The first-order chi connectivity index (χ1) is 22.3. The van der Waals surface area contributed by atoms with Gasteiger partial charge in [0.15, 0.2) is 5.69 Å². The standard InChI is InChI=1S/C30H23Cl2F5N8O2/c1-15-3-2-4-24(21-9-16(7-8-38-21)27-22(40-28(15)47)12-39-45(27)29(33)34)43-13-20(32)18(11-26(43)46)19-10-17(31)5-6-23(19)44-14-25(41-42-44)30(35,36)37/h5-15,24,29H,2-4H2,1H3,(H,40,47)/t15-,24?/m1/s1. The second kappa shape index (κ2) is 12.5. The van der Waals surface area contributed by atoms with Crippen LogP contribution in [-0.4, -0.2) is 40.2 Å². The van der Waals surface area contributed by atoms with Gasteiger partial charge in [0.25, 0.3) is 5.56 Å². The number of benzene rings is 1. The lowest BCUT2D eigenvalue weighted by Gasteiger charge is -2.23. The smallest absolute Gasteiger partial charge is 0.323 e. The summed E-state index contributed by atoms with van der Waals surface area (Å²) in [5.74, 6) is -0.870. The molecule has 0 radical (unpaired) electrons. The van der Waals surface area contributed by atoms with Crippen molar-refractivity contribution in [1.29, 1.82) is 0 Å². The van der Waals surface area contributed by atoms with Gasteiger partial charge in [-0.1, -0.05) is 41.8 Å². The van der Waals surface area contributed by atoms with Crippen LogP contribution < -0.4 is 10.9 Å². The van der Waals surface area contributed by atoms with E-state index in [2.05, 4.69) is 25.7 Å². The van der Waals surface area contributed by atoms with E-state index in [1.807, 2.05) is 0 Å². The number of hydrogen-bond donors (Lipinski definition) is 1. The Hall–Kier alpha value is -4.63. The van der Waals surface area contributed by atoms with Crippen LogP contribution in [0.25, 0.3) is 28.1 Å². The zero-order chi connectivity index (χ0) is 33.6. The van der Waals surface area contributed by atoms with E-state index in [-0.39, 0.29) is 49.7 Å². The van der Waals surface area contributed by atoms with Crippen molar-refractivity contribution in [1.82, 2.24) is 34.3 Å². The molecule has 5 aromatic rings. The topological polar surface area (TPSA) is 113 Å². The lowest BCUT2D eigenvalue weighted by atomic mass is 9.96. The van der Waals surface area contributed by atoms with Crippen LogP contribution >= 0.6 is 23.2 Å². The van der Waals surface area contributed by atoms with Crippen molar-refractivity contribution in [2.75, 3.05) is 5.32 Å². The van der Waals surface area contributed by atoms with Crippen LogP contribution in [0.2, 0.25) is 10.0 Å². The van der Waals surface area contributed by atoms with Crippen molar-refractivity contribution < 1.29 is 26.7 Å². The quantitative estimate of drug-likeness (QED) is 0.196. The molecule has 0 aliphatic carbocycles. The van der Waals surface area contributed by atoms with Gasteiger partial charge in [-0.15, -0.1) is 5.10 Å². The minimum absolute atomic E-state index is 0.0282. The van der Waals surface area contributed by atoms with Crippen LogP contribution in [-0.2, 0) is 11.0 Å². The van der Waals surface area contributed by atoms with Gasteiger partial charge in [-0.05, 0) is 43.2 Å². The van der Waals surface area contributed by atoms with E-state index in [4.69, 9.17) is 23.2 Å². The Morgan fingerprint density at radius 1 is 1.02 bits per heavy atom. The molecule has 1 amide bonds. The Labute approximate surface area is 272 Å². The highest BCUT2D eigenvalue weighted by atomic mass is 35.5. The van der Waals surface area contributed by atoms with Gasteiger partial charge in [0.1, 0.15) is 0 Å². The van der Waals surface area contributed by atoms with Crippen molar-refractivity contribution in [3.8, 4) is 28.1 Å². The van der Waals surface area contributed by atoms with Crippen LogP contribution in [0.5, 0.6) is 0 Å². The Bertz CT molecular complexity index is 2040. The van der Waals surface area contributed by atoms with Crippen molar-refractivity contribution in [2.45, 2.75) is 45.0 Å². The molecule has 6 rings (SSSR count). The SMILES string of the molecule is C[C@@H]1CCCC(n2cc(Cl)c(-c3cc(Cl)ccc3-n3cc(C(F)(F)F)nn3)cc2=O)c2cc(ccn2)-c2c(cnn2C(F)F)NC1=O. The highest BCUT2D eigenvalue weighted by Crippen LogP contribution is 2.37. The number of amides is 1. The van der Waals surface area contributed by atoms with Crippen molar-refractivity contribution in [2.24, 2.45) is 5.92 Å². The predicted molar refractivity (Wildman–Crippen MR) is 163 cm³/mol. The molecule has 1 unspecified atom stereocenters. The summed E-state index contributed by atoms with van der Waals surface area (Å²) in [4.78, 5) is 31.2. The minimum atomic E-state index is -4.73. The molecule has 1 aliphatic heterocycles. The molecule has 2 atom stereocenters. The fourth-order valence-corrected chi connectivity index (χ4v) is 5.94. The Morgan fingerprint density at radius 2 is 1.81 bits per heavy atom. The number of fused-ring (bicyclic) bond motifs is 4. The van der Waals surface area contributed by atoms with E-state index in [0.717, 1.165) is 10.9 Å². The Morgan fingerprint density at radius 3 is 2.53 bits per heavy atom. The summed E-state index contributed by atoms with van der Waals surface area (Å²) in [6, 6.07) is 7.83.